The van der Waals surface area contributed by atoms with Crippen molar-refractivity contribution in [3.05, 3.63) is 63.6 Å². The molecule has 0 aromatic heterocycles. The average molecular weight is 352 g/mol. The van der Waals surface area contributed by atoms with Crippen molar-refractivity contribution in [2.45, 2.75) is 26.3 Å². The first-order valence-corrected chi connectivity index (χ1v) is 8.20. The summed E-state index contributed by atoms with van der Waals surface area (Å²) in [5, 5.41) is 4.23. The molecule has 122 valence electrons. The van der Waals surface area contributed by atoms with Crippen LogP contribution in [0.25, 0.3) is 0 Å². The Bertz CT molecular complexity index is 674. The van der Waals surface area contributed by atoms with Crippen LogP contribution in [-0.2, 0) is 11.3 Å². The van der Waals surface area contributed by atoms with E-state index in [1.54, 1.807) is 6.07 Å². The number of ether oxygens (including phenoxy) is 1. The van der Waals surface area contributed by atoms with Gasteiger partial charge in [0.1, 0.15) is 5.75 Å². The lowest BCUT2D eigenvalue weighted by Gasteiger charge is -2.09. The summed E-state index contributed by atoms with van der Waals surface area (Å²) in [6.45, 7) is 2.92. The van der Waals surface area contributed by atoms with Crippen LogP contribution in [0, 0.1) is 6.92 Å². The number of hydrogen-bond donors (Lipinski definition) is 1. The van der Waals surface area contributed by atoms with Crippen LogP contribution in [0.3, 0.4) is 0 Å². The van der Waals surface area contributed by atoms with Crippen molar-refractivity contribution < 1.29 is 9.53 Å². The van der Waals surface area contributed by atoms with Gasteiger partial charge in [0, 0.05) is 23.0 Å². The zero-order chi connectivity index (χ0) is 16.7. The minimum atomic E-state index is 0.00130. The number of aryl methyl sites for hydroxylation is 1. The molecule has 2 aromatic rings. The molecule has 0 aliphatic carbocycles. The highest BCUT2D eigenvalue weighted by atomic mass is 35.5. The highest BCUT2D eigenvalue weighted by Gasteiger charge is 2.04. The van der Waals surface area contributed by atoms with Crippen LogP contribution in [0.4, 0.5) is 0 Å². The molecule has 0 aliphatic heterocycles. The largest absolute Gasteiger partial charge is 0.493 e. The van der Waals surface area contributed by atoms with Crippen molar-refractivity contribution in [2.24, 2.45) is 0 Å². The van der Waals surface area contributed by atoms with Crippen LogP contribution in [0.5, 0.6) is 5.75 Å². The van der Waals surface area contributed by atoms with Crippen LogP contribution in [-0.4, -0.2) is 12.5 Å². The van der Waals surface area contributed by atoms with Crippen molar-refractivity contribution in [2.75, 3.05) is 6.61 Å². The third kappa shape index (κ3) is 6.12. The summed E-state index contributed by atoms with van der Waals surface area (Å²) < 4.78 is 5.66. The average Bonchev–Trinajstić information content (AvgIpc) is 2.51. The monoisotopic (exact) mass is 351 g/mol. The van der Waals surface area contributed by atoms with E-state index in [1.165, 1.54) is 0 Å². The number of benzene rings is 2. The molecule has 0 aliphatic rings. The van der Waals surface area contributed by atoms with E-state index in [0.717, 1.165) is 16.9 Å². The highest BCUT2D eigenvalue weighted by molar-refractivity contribution is 6.30. The Balaban J connectivity index is 1.66. The van der Waals surface area contributed by atoms with E-state index >= 15 is 0 Å². The van der Waals surface area contributed by atoms with Gasteiger partial charge in [-0.2, -0.15) is 0 Å². The number of hydrogen-bond acceptors (Lipinski definition) is 2. The Morgan fingerprint density at radius 2 is 1.91 bits per heavy atom. The van der Waals surface area contributed by atoms with Gasteiger partial charge < -0.3 is 10.1 Å². The van der Waals surface area contributed by atoms with E-state index in [4.69, 9.17) is 27.9 Å². The van der Waals surface area contributed by atoms with Gasteiger partial charge in [0.25, 0.3) is 0 Å². The number of carbonyl (C=O) groups excluding carboxylic acids is 1. The van der Waals surface area contributed by atoms with Gasteiger partial charge in [-0.05, 0) is 54.8 Å². The van der Waals surface area contributed by atoms with Gasteiger partial charge in [-0.3, -0.25) is 4.79 Å². The van der Waals surface area contributed by atoms with Gasteiger partial charge in [0.2, 0.25) is 5.91 Å². The van der Waals surface area contributed by atoms with E-state index in [1.807, 2.05) is 43.3 Å². The summed E-state index contributed by atoms with van der Waals surface area (Å²) in [7, 11) is 0. The second kappa shape index (κ2) is 8.80. The fourth-order valence-corrected chi connectivity index (χ4v) is 2.57. The molecule has 0 radical (unpaired) electrons. The minimum Gasteiger partial charge on any atom is -0.493 e. The van der Waals surface area contributed by atoms with Gasteiger partial charge >= 0.3 is 0 Å². The molecule has 0 heterocycles. The number of nitrogens with one attached hydrogen (secondary N) is 1. The summed E-state index contributed by atoms with van der Waals surface area (Å²) >= 11 is 11.8. The van der Waals surface area contributed by atoms with E-state index in [0.29, 0.717) is 36.0 Å². The predicted molar refractivity (Wildman–Crippen MR) is 94.2 cm³/mol. The minimum absolute atomic E-state index is 0.00130. The van der Waals surface area contributed by atoms with Crippen molar-refractivity contribution in [3.8, 4) is 5.75 Å². The van der Waals surface area contributed by atoms with E-state index in [-0.39, 0.29) is 5.91 Å². The maximum absolute atomic E-state index is 11.8. The smallest absolute Gasteiger partial charge is 0.220 e. The zero-order valence-electron chi connectivity index (χ0n) is 12.9. The van der Waals surface area contributed by atoms with Crippen LogP contribution in [0.15, 0.2) is 42.5 Å². The molecular formula is C18H19Cl2NO2. The number of amides is 1. The Morgan fingerprint density at radius 1 is 1.13 bits per heavy atom. The molecule has 1 N–H and O–H groups in total. The number of rotatable bonds is 7. The maximum Gasteiger partial charge on any atom is 0.220 e. The zero-order valence-corrected chi connectivity index (χ0v) is 14.5. The Kier molecular flexibility index (Phi) is 6.75. The van der Waals surface area contributed by atoms with Crippen molar-refractivity contribution in [3.63, 3.8) is 0 Å². The molecule has 0 spiro atoms. The molecule has 2 rings (SSSR count). The lowest BCUT2D eigenvalue weighted by Crippen LogP contribution is -2.22. The maximum atomic E-state index is 11.8. The Morgan fingerprint density at radius 3 is 2.65 bits per heavy atom. The lowest BCUT2D eigenvalue weighted by molar-refractivity contribution is -0.121. The van der Waals surface area contributed by atoms with Crippen LogP contribution >= 0.6 is 23.2 Å². The van der Waals surface area contributed by atoms with Gasteiger partial charge in [-0.25, -0.2) is 0 Å². The second-order valence-electron chi connectivity index (χ2n) is 5.27. The van der Waals surface area contributed by atoms with E-state index in [9.17, 15) is 4.79 Å². The van der Waals surface area contributed by atoms with Crippen LogP contribution < -0.4 is 10.1 Å². The van der Waals surface area contributed by atoms with E-state index in [2.05, 4.69) is 5.32 Å². The number of halogens is 2. The molecule has 0 unspecified atom stereocenters. The normalized spacial score (nSPS) is 10.4. The topological polar surface area (TPSA) is 38.3 Å². The number of carbonyl (C=O) groups is 1. The van der Waals surface area contributed by atoms with Crippen LogP contribution in [0.1, 0.15) is 24.0 Å². The molecule has 0 saturated carbocycles. The second-order valence-corrected chi connectivity index (χ2v) is 6.14. The SMILES string of the molecule is Cc1cc(Cl)ccc1OCCCC(=O)NCc1cccc(Cl)c1. The summed E-state index contributed by atoms with van der Waals surface area (Å²) in [6.07, 6.45) is 1.08. The molecular weight excluding hydrogens is 333 g/mol. The molecule has 1 amide bonds. The molecule has 0 atom stereocenters. The fraction of sp³-hybridized carbons (Fsp3) is 0.278. The third-order valence-corrected chi connectivity index (χ3v) is 3.79. The Labute approximate surface area is 146 Å². The third-order valence-electron chi connectivity index (χ3n) is 3.32. The summed E-state index contributed by atoms with van der Waals surface area (Å²) in [4.78, 5) is 11.8. The summed E-state index contributed by atoms with van der Waals surface area (Å²) in [5.74, 6) is 0.801. The first kappa shape index (κ1) is 17.6. The highest BCUT2D eigenvalue weighted by Crippen LogP contribution is 2.21. The molecule has 23 heavy (non-hydrogen) atoms. The first-order valence-electron chi connectivity index (χ1n) is 7.44. The van der Waals surface area contributed by atoms with Crippen molar-refractivity contribution in [1.29, 1.82) is 0 Å². The van der Waals surface area contributed by atoms with Crippen molar-refractivity contribution in [1.82, 2.24) is 5.32 Å². The van der Waals surface area contributed by atoms with Crippen molar-refractivity contribution >= 4 is 29.1 Å². The quantitative estimate of drug-likeness (QED) is 0.729. The van der Waals surface area contributed by atoms with Gasteiger partial charge in [0.15, 0.2) is 0 Å². The molecule has 0 saturated heterocycles. The predicted octanol–water partition coefficient (Wildman–Crippen LogP) is 4.78. The van der Waals surface area contributed by atoms with Crippen LogP contribution in [0.2, 0.25) is 10.0 Å². The molecule has 5 heteroatoms. The molecule has 0 bridgehead atoms. The lowest BCUT2D eigenvalue weighted by atomic mass is 10.2. The fourth-order valence-electron chi connectivity index (χ4n) is 2.13. The van der Waals surface area contributed by atoms with Gasteiger partial charge in [-0.15, -0.1) is 0 Å². The molecule has 3 nitrogen and oxygen atoms in total. The molecule has 2 aromatic carbocycles. The van der Waals surface area contributed by atoms with Gasteiger partial charge in [0.05, 0.1) is 6.61 Å². The Hall–Kier alpha value is -1.71. The molecule has 0 fully saturated rings. The summed E-state index contributed by atoms with van der Waals surface area (Å²) in [5.41, 5.74) is 1.97. The van der Waals surface area contributed by atoms with Gasteiger partial charge in [-0.1, -0.05) is 35.3 Å². The summed E-state index contributed by atoms with van der Waals surface area (Å²) in [6, 6.07) is 12.9. The van der Waals surface area contributed by atoms with E-state index < -0.39 is 0 Å². The standard InChI is InChI=1S/C18H19Cl2NO2/c1-13-10-16(20)7-8-17(13)23-9-3-6-18(22)21-12-14-4-2-5-15(19)11-14/h2,4-5,7-8,10-11H,3,6,9,12H2,1H3,(H,21,22). The first-order chi connectivity index (χ1) is 11.0.